The lowest BCUT2D eigenvalue weighted by atomic mass is 9.98. The summed E-state index contributed by atoms with van der Waals surface area (Å²) in [6.45, 7) is 6.14. The van der Waals surface area contributed by atoms with E-state index < -0.39 is 9.84 Å². The molecule has 2 aliphatic rings. The highest BCUT2D eigenvalue weighted by atomic mass is 32.2. The molecule has 2 saturated heterocycles. The minimum absolute atomic E-state index is 0.181. The molecule has 3 aromatic rings. The average molecular weight is 570 g/mol. The van der Waals surface area contributed by atoms with Gasteiger partial charge in [-0.25, -0.2) is 8.42 Å². The predicted molar refractivity (Wildman–Crippen MR) is 158 cm³/mol. The number of aromatic nitrogens is 1. The van der Waals surface area contributed by atoms with E-state index in [1.807, 2.05) is 18.4 Å². The van der Waals surface area contributed by atoms with E-state index >= 15 is 0 Å². The maximum absolute atomic E-state index is 14.1. The van der Waals surface area contributed by atoms with Crippen LogP contribution < -0.4 is 9.64 Å². The fourth-order valence-corrected chi connectivity index (χ4v) is 7.54. The van der Waals surface area contributed by atoms with Crippen LogP contribution >= 0.6 is 11.8 Å². The number of thioether (sulfide) groups is 1. The maximum Gasteiger partial charge on any atom is 0.210 e. The summed E-state index contributed by atoms with van der Waals surface area (Å²) < 4.78 is 33.9. The first-order valence-corrected chi connectivity index (χ1v) is 16.7. The monoisotopic (exact) mass is 569 g/mol. The molecule has 210 valence electrons. The summed E-state index contributed by atoms with van der Waals surface area (Å²) >= 11 is 1.64. The van der Waals surface area contributed by atoms with E-state index in [-0.39, 0.29) is 15.9 Å². The van der Waals surface area contributed by atoms with Gasteiger partial charge in [-0.1, -0.05) is 13.3 Å². The Morgan fingerprint density at radius 1 is 1.03 bits per heavy atom. The van der Waals surface area contributed by atoms with Crippen molar-refractivity contribution in [1.82, 2.24) is 9.88 Å². The third-order valence-electron chi connectivity index (χ3n) is 8.00. The van der Waals surface area contributed by atoms with Crippen LogP contribution in [-0.4, -0.2) is 74.6 Å². The number of fused-ring (bicyclic) bond motifs is 1. The molecule has 2 aromatic carbocycles. The normalized spacial score (nSPS) is 18.1. The summed E-state index contributed by atoms with van der Waals surface area (Å²) in [5, 5.41) is 10.8. The predicted octanol–water partition coefficient (Wildman–Crippen LogP) is 5.39. The summed E-state index contributed by atoms with van der Waals surface area (Å²) in [5.74, 6) is 0.677. The van der Waals surface area contributed by atoms with Crippen molar-refractivity contribution in [3.63, 3.8) is 0 Å². The highest BCUT2D eigenvalue weighted by Gasteiger charge is 2.32. The van der Waals surface area contributed by atoms with E-state index in [0.717, 1.165) is 86.2 Å². The molecule has 1 aromatic heterocycles. The standard InChI is InChI=1S/C30H39N3O4S2/c1-3-4-19-37-24-5-8-26(9-6-24)39(35,36)29-21-31-28-10-7-25(38-2)20-27(28)30(29)33-15-11-22(12-16-33)32-17-13-23(34)14-18-32/h5-10,20-23,34H,3-4,11-19H2,1-2H3. The molecular weight excluding hydrogens is 530 g/mol. The van der Waals surface area contributed by atoms with Gasteiger partial charge in [0.1, 0.15) is 10.6 Å². The first-order chi connectivity index (χ1) is 18.9. The number of unbranched alkanes of at least 4 members (excludes halogenated alkanes) is 1. The SMILES string of the molecule is CCCCOc1ccc(S(=O)(=O)c2cnc3ccc(SC)cc3c2N2CCC(N3CCC(O)CC3)CC2)cc1. The second-order valence-electron chi connectivity index (χ2n) is 10.5. The molecule has 39 heavy (non-hydrogen) atoms. The smallest absolute Gasteiger partial charge is 0.210 e. The van der Waals surface area contributed by atoms with Crippen molar-refractivity contribution in [2.24, 2.45) is 0 Å². The van der Waals surface area contributed by atoms with Gasteiger partial charge < -0.3 is 19.6 Å². The lowest BCUT2D eigenvalue weighted by Crippen LogP contribution is -2.48. The lowest BCUT2D eigenvalue weighted by molar-refractivity contribution is 0.0542. The summed E-state index contributed by atoms with van der Waals surface area (Å²) in [6, 6.07) is 13.3. The zero-order chi connectivity index (χ0) is 27.4. The van der Waals surface area contributed by atoms with Gasteiger partial charge in [-0.3, -0.25) is 4.98 Å². The Balaban J connectivity index is 1.47. The number of sulfone groups is 1. The first-order valence-electron chi connectivity index (χ1n) is 14.0. The van der Waals surface area contributed by atoms with E-state index in [4.69, 9.17) is 4.74 Å². The van der Waals surface area contributed by atoms with E-state index in [1.54, 1.807) is 36.0 Å². The summed E-state index contributed by atoms with van der Waals surface area (Å²) in [6.07, 6.45) is 8.97. The van der Waals surface area contributed by atoms with Crippen LogP contribution in [0.1, 0.15) is 45.4 Å². The van der Waals surface area contributed by atoms with E-state index in [0.29, 0.717) is 18.4 Å². The Labute approximate surface area is 236 Å². The van der Waals surface area contributed by atoms with Crippen LogP contribution in [0.5, 0.6) is 5.75 Å². The first kappa shape index (κ1) is 28.2. The average Bonchev–Trinajstić information content (AvgIpc) is 2.97. The van der Waals surface area contributed by atoms with Crippen LogP contribution in [-0.2, 0) is 9.84 Å². The number of piperidine rings is 2. The molecule has 3 heterocycles. The molecule has 0 radical (unpaired) electrons. The maximum atomic E-state index is 14.1. The Morgan fingerprint density at radius 3 is 2.41 bits per heavy atom. The molecule has 0 spiro atoms. The topological polar surface area (TPSA) is 83.0 Å². The van der Waals surface area contributed by atoms with Gasteiger partial charge in [-0.2, -0.15) is 0 Å². The zero-order valence-electron chi connectivity index (χ0n) is 22.9. The Hall–Kier alpha value is -2.33. The number of ether oxygens (including phenoxy) is 1. The van der Waals surface area contributed by atoms with Crippen LogP contribution in [0.25, 0.3) is 10.9 Å². The number of pyridine rings is 1. The third kappa shape index (κ3) is 6.21. The molecule has 9 heteroatoms. The van der Waals surface area contributed by atoms with Gasteiger partial charge >= 0.3 is 0 Å². The highest BCUT2D eigenvalue weighted by Crippen LogP contribution is 2.39. The fourth-order valence-electron chi connectivity index (χ4n) is 5.67. The number of nitrogens with zero attached hydrogens (tertiary/aromatic N) is 3. The van der Waals surface area contributed by atoms with Gasteiger partial charge in [0.25, 0.3) is 0 Å². The van der Waals surface area contributed by atoms with Crippen molar-refractivity contribution in [2.75, 3.05) is 43.9 Å². The van der Waals surface area contributed by atoms with Gasteiger partial charge in [0.15, 0.2) is 0 Å². The van der Waals surface area contributed by atoms with Crippen molar-refractivity contribution in [1.29, 1.82) is 0 Å². The number of benzene rings is 2. The molecule has 0 amide bonds. The molecular formula is C30H39N3O4S2. The Kier molecular flexibility index (Phi) is 9.01. The molecule has 2 fully saturated rings. The fraction of sp³-hybridized carbons (Fsp3) is 0.500. The van der Waals surface area contributed by atoms with Crippen molar-refractivity contribution in [3.05, 3.63) is 48.7 Å². The van der Waals surface area contributed by atoms with Crippen LogP contribution in [0.2, 0.25) is 0 Å². The minimum atomic E-state index is -3.82. The number of aliphatic hydroxyl groups excluding tert-OH is 1. The van der Waals surface area contributed by atoms with Gasteiger partial charge in [0, 0.05) is 48.7 Å². The number of hydrogen-bond acceptors (Lipinski definition) is 8. The second-order valence-corrected chi connectivity index (χ2v) is 13.3. The Morgan fingerprint density at radius 2 is 1.74 bits per heavy atom. The van der Waals surface area contributed by atoms with Crippen molar-refractivity contribution in [2.45, 2.75) is 72.3 Å². The molecule has 0 atom stereocenters. The molecule has 0 saturated carbocycles. The summed E-state index contributed by atoms with van der Waals surface area (Å²) in [4.78, 5) is 10.9. The second kappa shape index (κ2) is 12.5. The number of aliphatic hydroxyl groups is 1. The van der Waals surface area contributed by atoms with Gasteiger partial charge in [-0.05, 0) is 80.8 Å². The number of likely N-dealkylation sites (tertiary alicyclic amines) is 1. The largest absolute Gasteiger partial charge is 0.494 e. The van der Waals surface area contributed by atoms with Crippen molar-refractivity contribution in [3.8, 4) is 5.75 Å². The van der Waals surface area contributed by atoms with Crippen molar-refractivity contribution >= 4 is 38.2 Å². The molecule has 0 bridgehead atoms. The van der Waals surface area contributed by atoms with Crippen LogP contribution in [0.4, 0.5) is 5.69 Å². The Bertz CT molecular complexity index is 1360. The van der Waals surface area contributed by atoms with E-state index in [9.17, 15) is 13.5 Å². The number of rotatable bonds is 9. The molecule has 0 aliphatic carbocycles. The lowest BCUT2D eigenvalue weighted by Gasteiger charge is -2.42. The summed E-state index contributed by atoms with van der Waals surface area (Å²) in [7, 11) is -3.82. The van der Waals surface area contributed by atoms with Crippen LogP contribution in [0.15, 0.2) is 63.3 Å². The number of anilines is 1. The molecule has 2 aliphatic heterocycles. The molecule has 0 unspecified atom stereocenters. The van der Waals surface area contributed by atoms with E-state index in [2.05, 4.69) is 27.8 Å². The van der Waals surface area contributed by atoms with Crippen LogP contribution in [0, 0.1) is 0 Å². The van der Waals surface area contributed by atoms with Gasteiger partial charge in [-0.15, -0.1) is 11.8 Å². The number of hydrogen-bond donors (Lipinski definition) is 1. The molecule has 5 rings (SSSR count). The van der Waals surface area contributed by atoms with E-state index in [1.165, 1.54) is 6.20 Å². The van der Waals surface area contributed by atoms with Gasteiger partial charge in [0.05, 0.1) is 28.8 Å². The van der Waals surface area contributed by atoms with Crippen LogP contribution in [0.3, 0.4) is 0 Å². The minimum Gasteiger partial charge on any atom is -0.494 e. The highest BCUT2D eigenvalue weighted by molar-refractivity contribution is 7.98. The zero-order valence-corrected chi connectivity index (χ0v) is 24.5. The molecule has 1 N–H and O–H groups in total. The van der Waals surface area contributed by atoms with Gasteiger partial charge in [0.2, 0.25) is 9.84 Å². The third-order valence-corrected chi connectivity index (χ3v) is 10.5. The quantitative estimate of drug-likeness (QED) is 0.271. The molecule has 7 nitrogen and oxygen atoms in total. The van der Waals surface area contributed by atoms with Crippen molar-refractivity contribution < 1.29 is 18.3 Å². The summed E-state index contributed by atoms with van der Waals surface area (Å²) in [5.41, 5.74) is 1.56.